The minimum Gasteiger partial charge on any atom is -0.506 e. The molecule has 0 saturated carbocycles. The summed E-state index contributed by atoms with van der Waals surface area (Å²) in [5.41, 5.74) is 0.224. The van der Waals surface area contributed by atoms with Gasteiger partial charge in [-0.2, -0.15) is 0 Å². The van der Waals surface area contributed by atoms with Gasteiger partial charge in [-0.15, -0.1) is 11.3 Å². The van der Waals surface area contributed by atoms with Crippen molar-refractivity contribution in [1.29, 1.82) is 0 Å². The summed E-state index contributed by atoms with van der Waals surface area (Å²) < 4.78 is 4.65. The Kier molecular flexibility index (Phi) is 4.89. The zero-order chi connectivity index (χ0) is 15.2. The van der Waals surface area contributed by atoms with Crippen molar-refractivity contribution in [2.75, 3.05) is 7.11 Å². The molecule has 0 saturated heterocycles. The minimum absolute atomic E-state index is 0.0367. The summed E-state index contributed by atoms with van der Waals surface area (Å²) in [5.74, 6) is -0.924. The van der Waals surface area contributed by atoms with Gasteiger partial charge in [0.1, 0.15) is 5.75 Å². The van der Waals surface area contributed by atoms with Gasteiger partial charge in [-0.05, 0) is 17.5 Å². The number of carbonyl (C=O) groups excluding carboxylic acids is 2. The monoisotopic (exact) mass is 306 g/mol. The van der Waals surface area contributed by atoms with Crippen molar-refractivity contribution >= 4 is 23.2 Å². The van der Waals surface area contributed by atoms with E-state index < -0.39 is 17.9 Å². The zero-order valence-electron chi connectivity index (χ0n) is 11.3. The van der Waals surface area contributed by atoms with E-state index in [4.69, 9.17) is 0 Å². The molecular weight excluding hydrogens is 292 g/mol. The van der Waals surface area contributed by atoms with Crippen molar-refractivity contribution in [3.8, 4) is 5.75 Å². The van der Waals surface area contributed by atoms with E-state index in [0.717, 1.165) is 4.88 Å². The molecular formula is C14H14N2O4S. The Labute approximate surface area is 125 Å². The third-order valence-electron chi connectivity index (χ3n) is 2.78. The Morgan fingerprint density at radius 3 is 2.90 bits per heavy atom. The number of aromatic hydroxyl groups is 1. The molecule has 0 fully saturated rings. The van der Waals surface area contributed by atoms with Gasteiger partial charge in [-0.25, -0.2) is 0 Å². The van der Waals surface area contributed by atoms with Crippen LogP contribution in [-0.2, 0) is 9.53 Å². The van der Waals surface area contributed by atoms with E-state index in [0.29, 0.717) is 0 Å². The molecule has 1 unspecified atom stereocenters. The summed E-state index contributed by atoms with van der Waals surface area (Å²) in [5, 5.41) is 14.0. The van der Waals surface area contributed by atoms with Gasteiger partial charge in [0.05, 0.1) is 31.3 Å². The predicted octanol–water partition coefficient (Wildman–Crippen LogP) is 1.88. The molecule has 2 heterocycles. The molecule has 2 aromatic heterocycles. The predicted molar refractivity (Wildman–Crippen MR) is 77.1 cm³/mol. The van der Waals surface area contributed by atoms with Crippen LogP contribution in [0.15, 0.2) is 36.0 Å². The fourth-order valence-corrected chi connectivity index (χ4v) is 2.53. The van der Waals surface area contributed by atoms with Crippen LogP contribution in [0.3, 0.4) is 0 Å². The first kappa shape index (κ1) is 15.0. The molecule has 0 radical (unpaired) electrons. The highest BCUT2D eigenvalue weighted by Crippen LogP contribution is 2.23. The summed E-state index contributed by atoms with van der Waals surface area (Å²) in [4.78, 5) is 28.2. The van der Waals surface area contributed by atoms with Gasteiger partial charge in [-0.1, -0.05) is 6.07 Å². The van der Waals surface area contributed by atoms with Crippen LogP contribution in [0.2, 0.25) is 0 Å². The van der Waals surface area contributed by atoms with E-state index in [1.165, 1.54) is 36.9 Å². The molecule has 6 nitrogen and oxygen atoms in total. The molecule has 21 heavy (non-hydrogen) atoms. The molecule has 0 spiro atoms. The van der Waals surface area contributed by atoms with E-state index in [1.807, 2.05) is 17.5 Å². The number of pyridine rings is 1. The second-order valence-corrected chi connectivity index (χ2v) is 5.23. The lowest BCUT2D eigenvalue weighted by Crippen LogP contribution is -2.30. The number of methoxy groups -OCH3 is 1. The maximum Gasteiger partial charge on any atom is 0.307 e. The number of esters is 1. The van der Waals surface area contributed by atoms with Gasteiger partial charge in [0.25, 0.3) is 5.91 Å². The molecule has 0 aliphatic heterocycles. The van der Waals surface area contributed by atoms with Crippen molar-refractivity contribution < 1.29 is 19.4 Å². The number of hydrogen-bond acceptors (Lipinski definition) is 6. The molecule has 2 rings (SSSR count). The lowest BCUT2D eigenvalue weighted by atomic mass is 10.1. The fraction of sp³-hybridized carbons (Fsp3) is 0.214. The molecule has 1 amide bonds. The van der Waals surface area contributed by atoms with Crippen molar-refractivity contribution in [2.45, 2.75) is 12.5 Å². The highest BCUT2D eigenvalue weighted by atomic mass is 32.1. The highest BCUT2D eigenvalue weighted by Gasteiger charge is 2.20. The van der Waals surface area contributed by atoms with Gasteiger partial charge in [-0.3, -0.25) is 14.6 Å². The van der Waals surface area contributed by atoms with E-state index in [9.17, 15) is 14.7 Å². The molecule has 0 aromatic carbocycles. The third kappa shape index (κ3) is 4.03. The smallest absolute Gasteiger partial charge is 0.307 e. The maximum atomic E-state index is 12.2. The van der Waals surface area contributed by atoms with Crippen LogP contribution in [0, 0.1) is 0 Å². The van der Waals surface area contributed by atoms with Gasteiger partial charge < -0.3 is 15.2 Å². The molecule has 0 aliphatic rings. The van der Waals surface area contributed by atoms with Crippen molar-refractivity contribution in [3.63, 3.8) is 0 Å². The zero-order valence-corrected chi connectivity index (χ0v) is 12.1. The number of amides is 1. The number of nitrogens with one attached hydrogen (secondary N) is 1. The molecule has 2 aromatic rings. The quantitative estimate of drug-likeness (QED) is 0.823. The SMILES string of the molecule is COC(=O)CC(NC(=O)c1cncc(O)c1)c1cccs1. The van der Waals surface area contributed by atoms with Crippen LogP contribution < -0.4 is 5.32 Å². The van der Waals surface area contributed by atoms with Crippen molar-refractivity contribution in [2.24, 2.45) is 0 Å². The molecule has 0 aliphatic carbocycles. The summed E-state index contributed by atoms with van der Waals surface area (Å²) in [6, 6.07) is 4.50. The third-order valence-corrected chi connectivity index (χ3v) is 3.76. The average molecular weight is 306 g/mol. The standard InChI is InChI=1S/C14H14N2O4S/c1-20-13(18)6-11(12-3-2-4-21-12)16-14(19)9-5-10(17)8-15-7-9/h2-5,7-8,11,17H,6H2,1H3,(H,16,19). The number of rotatable bonds is 5. The molecule has 0 bridgehead atoms. The molecule has 110 valence electrons. The lowest BCUT2D eigenvalue weighted by Gasteiger charge is -2.16. The average Bonchev–Trinajstić information content (AvgIpc) is 3.00. The van der Waals surface area contributed by atoms with Crippen LogP contribution in [0.4, 0.5) is 0 Å². The first-order chi connectivity index (χ1) is 10.1. The molecule has 7 heteroatoms. The summed E-state index contributed by atoms with van der Waals surface area (Å²) in [6.07, 6.45) is 2.62. The maximum absolute atomic E-state index is 12.2. The number of thiophene rings is 1. The normalized spacial score (nSPS) is 11.7. The molecule has 2 N–H and O–H groups in total. The number of ether oxygens (including phenoxy) is 1. The van der Waals surface area contributed by atoms with Gasteiger partial charge in [0, 0.05) is 11.1 Å². The summed E-state index contributed by atoms with van der Waals surface area (Å²) >= 11 is 1.44. The summed E-state index contributed by atoms with van der Waals surface area (Å²) in [6.45, 7) is 0. The topological polar surface area (TPSA) is 88.5 Å². The first-order valence-corrected chi connectivity index (χ1v) is 7.03. The number of hydrogen-bond donors (Lipinski definition) is 2. The fourth-order valence-electron chi connectivity index (χ4n) is 1.76. The van der Waals surface area contributed by atoms with E-state index >= 15 is 0 Å². The number of carbonyl (C=O) groups is 2. The first-order valence-electron chi connectivity index (χ1n) is 6.15. The molecule has 1 atom stereocenters. The van der Waals surface area contributed by atoms with Crippen LogP contribution in [-0.4, -0.2) is 29.1 Å². The van der Waals surface area contributed by atoms with Crippen LogP contribution in [0.25, 0.3) is 0 Å². The Hall–Kier alpha value is -2.41. The Morgan fingerprint density at radius 2 is 2.29 bits per heavy atom. The van der Waals surface area contributed by atoms with Crippen molar-refractivity contribution in [1.82, 2.24) is 10.3 Å². The number of nitrogens with zero attached hydrogens (tertiary/aromatic N) is 1. The van der Waals surface area contributed by atoms with E-state index in [1.54, 1.807) is 0 Å². The van der Waals surface area contributed by atoms with Gasteiger partial charge >= 0.3 is 5.97 Å². The Balaban J connectivity index is 2.15. The van der Waals surface area contributed by atoms with Crippen LogP contribution >= 0.6 is 11.3 Å². The summed E-state index contributed by atoms with van der Waals surface area (Å²) in [7, 11) is 1.30. The highest BCUT2D eigenvalue weighted by molar-refractivity contribution is 7.10. The van der Waals surface area contributed by atoms with Gasteiger partial charge in [0.2, 0.25) is 0 Å². The lowest BCUT2D eigenvalue weighted by molar-refractivity contribution is -0.141. The van der Waals surface area contributed by atoms with Crippen LogP contribution in [0.5, 0.6) is 5.75 Å². The Morgan fingerprint density at radius 1 is 1.48 bits per heavy atom. The Bertz CT molecular complexity index is 628. The van der Waals surface area contributed by atoms with E-state index in [-0.39, 0.29) is 17.7 Å². The number of aromatic nitrogens is 1. The largest absolute Gasteiger partial charge is 0.506 e. The van der Waals surface area contributed by atoms with E-state index in [2.05, 4.69) is 15.0 Å². The van der Waals surface area contributed by atoms with Gasteiger partial charge in [0.15, 0.2) is 0 Å². The van der Waals surface area contributed by atoms with Crippen LogP contribution in [0.1, 0.15) is 27.7 Å². The second-order valence-electron chi connectivity index (χ2n) is 4.25. The second kappa shape index (κ2) is 6.85. The van der Waals surface area contributed by atoms with Crippen molar-refractivity contribution in [3.05, 3.63) is 46.4 Å². The minimum atomic E-state index is -0.479.